The van der Waals surface area contributed by atoms with E-state index in [2.05, 4.69) is 10.3 Å². The largest absolute Gasteiger partial charge is 0.497 e. The SMILES string of the molecule is COCCNC(=O)CSc1ccccc1C(=O)OCc1csc(-c2ccc(OC)cc2)n1. The minimum absolute atomic E-state index is 0.0714. The van der Waals surface area contributed by atoms with E-state index < -0.39 is 5.97 Å². The van der Waals surface area contributed by atoms with Crippen molar-refractivity contribution in [2.45, 2.75) is 11.5 Å². The number of aromatic nitrogens is 1. The molecule has 0 aliphatic carbocycles. The van der Waals surface area contributed by atoms with Crippen LogP contribution in [0.3, 0.4) is 0 Å². The number of rotatable bonds is 11. The Morgan fingerprint density at radius 3 is 2.62 bits per heavy atom. The molecule has 1 heterocycles. The highest BCUT2D eigenvalue weighted by atomic mass is 32.2. The van der Waals surface area contributed by atoms with Crippen LogP contribution in [0.2, 0.25) is 0 Å². The number of methoxy groups -OCH3 is 2. The second-order valence-electron chi connectivity index (χ2n) is 6.58. The van der Waals surface area contributed by atoms with Crippen molar-refractivity contribution in [2.24, 2.45) is 0 Å². The molecule has 2 aromatic carbocycles. The summed E-state index contributed by atoms with van der Waals surface area (Å²) in [6.45, 7) is 0.976. The van der Waals surface area contributed by atoms with Crippen LogP contribution in [0.5, 0.6) is 5.75 Å². The Morgan fingerprint density at radius 2 is 1.88 bits per heavy atom. The van der Waals surface area contributed by atoms with Crippen molar-refractivity contribution >= 4 is 35.0 Å². The Labute approximate surface area is 195 Å². The molecule has 32 heavy (non-hydrogen) atoms. The fraction of sp³-hybridized carbons (Fsp3) is 0.261. The first-order valence-corrected chi connectivity index (χ1v) is 11.7. The van der Waals surface area contributed by atoms with Gasteiger partial charge in [-0.1, -0.05) is 12.1 Å². The molecule has 0 bridgehead atoms. The fourth-order valence-electron chi connectivity index (χ4n) is 2.70. The summed E-state index contributed by atoms with van der Waals surface area (Å²) in [4.78, 5) is 29.8. The van der Waals surface area contributed by atoms with Gasteiger partial charge in [0.2, 0.25) is 5.91 Å². The van der Waals surface area contributed by atoms with E-state index in [1.54, 1.807) is 32.4 Å². The molecule has 0 aliphatic rings. The number of nitrogens with zero attached hydrogens (tertiary/aromatic N) is 1. The third-order valence-electron chi connectivity index (χ3n) is 4.33. The number of nitrogens with one attached hydrogen (secondary N) is 1. The van der Waals surface area contributed by atoms with Crippen LogP contribution in [-0.4, -0.2) is 50.0 Å². The molecule has 0 saturated carbocycles. The zero-order valence-corrected chi connectivity index (χ0v) is 19.5. The Balaban J connectivity index is 1.56. The standard InChI is InChI=1S/C23H24N2O5S2/c1-28-12-11-24-21(26)15-31-20-6-4-3-5-19(20)23(27)30-13-17-14-32-22(25-17)16-7-9-18(29-2)10-8-16/h3-10,14H,11-13,15H2,1-2H3,(H,24,26). The average Bonchev–Trinajstić information content (AvgIpc) is 3.31. The lowest BCUT2D eigenvalue weighted by atomic mass is 10.2. The predicted molar refractivity (Wildman–Crippen MR) is 125 cm³/mol. The molecule has 0 aliphatic heterocycles. The lowest BCUT2D eigenvalue weighted by Gasteiger charge is -2.09. The van der Waals surface area contributed by atoms with E-state index >= 15 is 0 Å². The Kier molecular flexibility index (Phi) is 9.09. The topological polar surface area (TPSA) is 86.8 Å². The van der Waals surface area contributed by atoms with Gasteiger partial charge in [0.15, 0.2) is 0 Å². The van der Waals surface area contributed by atoms with Gasteiger partial charge < -0.3 is 19.5 Å². The lowest BCUT2D eigenvalue weighted by Crippen LogP contribution is -2.28. The third-order valence-corrected chi connectivity index (χ3v) is 6.35. The summed E-state index contributed by atoms with van der Waals surface area (Å²) < 4.78 is 15.6. The molecule has 168 valence electrons. The molecule has 0 spiro atoms. The first kappa shape index (κ1) is 23.8. The Bertz CT molecular complexity index is 1040. The van der Waals surface area contributed by atoms with Crippen LogP contribution in [0, 0.1) is 0 Å². The van der Waals surface area contributed by atoms with E-state index in [1.807, 2.05) is 35.7 Å². The number of hydrogen-bond donors (Lipinski definition) is 1. The van der Waals surface area contributed by atoms with Gasteiger partial charge in [0.25, 0.3) is 0 Å². The zero-order chi connectivity index (χ0) is 22.8. The lowest BCUT2D eigenvalue weighted by molar-refractivity contribution is -0.118. The molecule has 3 aromatic rings. The fourth-order valence-corrected chi connectivity index (χ4v) is 4.39. The van der Waals surface area contributed by atoms with Crippen LogP contribution in [-0.2, 0) is 20.9 Å². The summed E-state index contributed by atoms with van der Waals surface area (Å²) in [5.41, 5.74) is 2.07. The van der Waals surface area contributed by atoms with E-state index in [9.17, 15) is 9.59 Å². The molecule has 0 radical (unpaired) electrons. The number of thioether (sulfide) groups is 1. The van der Waals surface area contributed by atoms with Crippen LogP contribution in [0.4, 0.5) is 0 Å². The molecular weight excluding hydrogens is 448 g/mol. The first-order valence-electron chi connectivity index (χ1n) is 9.84. The molecule has 0 atom stereocenters. The normalized spacial score (nSPS) is 10.6. The highest BCUT2D eigenvalue weighted by Gasteiger charge is 2.15. The first-order chi connectivity index (χ1) is 15.6. The van der Waals surface area contributed by atoms with Gasteiger partial charge in [0.05, 0.1) is 30.7 Å². The van der Waals surface area contributed by atoms with Gasteiger partial charge in [-0.3, -0.25) is 4.79 Å². The number of ether oxygens (including phenoxy) is 3. The third kappa shape index (κ3) is 6.81. The number of benzene rings is 2. The highest BCUT2D eigenvalue weighted by Crippen LogP contribution is 2.27. The monoisotopic (exact) mass is 472 g/mol. The summed E-state index contributed by atoms with van der Waals surface area (Å²) in [5.74, 6) is 0.407. The number of carbonyl (C=O) groups excluding carboxylic acids is 2. The quantitative estimate of drug-likeness (QED) is 0.256. The van der Waals surface area contributed by atoms with Crippen molar-refractivity contribution in [3.63, 3.8) is 0 Å². The Hall–Kier alpha value is -2.88. The van der Waals surface area contributed by atoms with E-state index in [-0.39, 0.29) is 18.3 Å². The maximum Gasteiger partial charge on any atom is 0.339 e. The molecule has 0 unspecified atom stereocenters. The smallest absolute Gasteiger partial charge is 0.339 e. The number of amides is 1. The summed E-state index contributed by atoms with van der Waals surface area (Å²) in [6.07, 6.45) is 0. The van der Waals surface area contributed by atoms with E-state index in [4.69, 9.17) is 14.2 Å². The molecule has 0 fully saturated rings. The average molecular weight is 473 g/mol. The van der Waals surface area contributed by atoms with Gasteiger partial charge in [-0.25, -0.2) is 9.78 Å². The van der Waals surface area contributed by atoms with Crippen molar-refractivity contribution < 1.29 is 23.8 Å². The maximum absolute atomic E-state index is 12.7. The van der Waals surface area contributed by atoms with Gasteiger partial charge in [0.1, 0.15) is 17.4 Å². The number of hydrogen-bond acceptors (Lipinski definition) is 8. The van der Waals surface area contributed by atoms with E-state index in [0.29, 0.717) is 29.3 Å². The van der Waals surface area contributed by atoms with Gasteiger partial charge >= 0.3 is 5.97 Å². The van der Waals surface area contributed by atoms with Crippen molar-refractivity contribution in [1.82, 2.24) is 10.3 Å². The van der Waals surface area contributed by atoms with Crippen LogP contribution < -0.4 is 10.1 Å². The van der Waals surface area contributed by atoms with E-state index in [0.717, 1.165) is 16.3 Å². The van der Waals surface area contributed by atoms with Gasteiger partial charge in [-0.05, 0) is 36.4 Å². The molecule has 1 amide bonds. The number of esters is 1. The van der Waals surface area contributed by atoms with Crippen LogP contribution in [0.1, 0.15) is 16.1 Å². The second-order valence-corrected chi connectivity index (χ2v) is 8.45. The van der Waals surface area contributed by atoms with Crippen molar-refractivity contribution in [2.75, 3.05) is 33.1 Å². The maximum atomic E-state index is 12.7. The molecule has 1 aromatic heterocycles. The minimum atomic E-state index is -0.452. The van der Waals surface area contributed by atoms with Crippen LogP contribution in [0.15, 0.2) is 58.8 Å². The van der Waals surface area contributed by atoms with Gasteiger partial charge in [-0.2, -0.15) is 0 Å². The highest BCUT2D eigenvalue weighted by molar-refractivity contribution is 8.00. The zero-order valence-electron chi connectivity index (χ0n) is 17.8. The number of carbonyl (C=O) groups is 2. The summed E-state index contributed by atoms with van der Waals surface area (Å²) >= 11 is 2.78. The minimum Gasteiger partial charge on any atom is -0.497 e. The molecule has 1 N–H and O–H groups in total. The number of thiazole rings is 1. The van der Waals surface area contributed by atoms with Crippen molar-refractivity contribution in [1.29, 1.82) is 0 Å². The van der Waals surface area contributed by atoms with Crippen LogP contribution >= 0.6 is 23.1 Å². The summed E-state index contributed by atoms with van der Waals surface area (Å²) in [5, 5.41) is 5.47. The summed E-state index contributed by atoms with van der Waals surface area (Å²) in [6, 6.07) is 14.7. The molecule has 7 nitrogen and oxygen atoms in total. The van der Waals surface area contributed by atoms with Crippen LogP contribution in [0.25, 0.3) is 10.6 Å². The van der Waals surface area contributed by atoms with Gasteiger partial charge in [-0.15, -0.1) is 23.1 Å². The molecule has 3 rings (SSSR count). The molecule has 9 heteroatoms. The molecular formula is C23H24N2O5S2. The predicted octanol–water partition coefficient (Wildman–Crippen LogP) is 4.03. The molecule has 0 saturated heterocycles. The van der Waals surface area contributed by atoms with Gasteiger partial charge in [0, 0.05) is 29.5 Å². The van der Waals surface area contributed by atoms with Crippen molar-refractivity contribution in [3.8, 4) is 16.3 Å². The summed E-state index contributed by atoms with van der Waals surface area (Å²) in [7, 11) is 3.20. The van der Waals surface area contributed by atoms with Crippen molar-refractivity contribution in [3.05, 3.63) is 65.2 Å². The Morgan fingerprint density at radius 1 is 1.09 bits per heavy atom. The second kappa shape index (κ2) is 12.2. The van der Waals surface area contributed by atoms with E-state index in [1.165, 1.54) is 23.1 Å².